The second-order valence-electron chi connectivity index (χ2n) is 5.94. The Balaban J connectivity index is 1.52. The summed E-state index contributed by atoms with van der Waals surface area (Å²) in [6, 6.07) is 3.26. The average Bonchev–Trinajstić information content (AvgIpc) is 3.22. The largest absolute Gasteiger partial charge is 0.476 e. The molecule has 2 aromatic rings. The number of carboxylic acid groups (broad SMARTS) is 1. The number of carbonyl (C=O) groups is 2. The van der Waals surface area contributed by atoms with Gasteiger partial charge in [0, 0.05) is 42.8 Å². The summed E-state index contributed by atoms with van der Waals surface area (Å²) in [6.07, 6.45) is 1.10. The number of halogens is 2. The van der Waals surface area contributed by atoms with Gasteiger partial charge in [-0.25, -0.2) is 18.6 Å². The van der Waals surface area contributed by atoms with Crippen molar-refractivity contribution in [3.63, 3.8) is 0 Å². The van der Waals surface area contributed by atoms with Crippen molar-refractivity contribution in [3.8, 4) is 0 Å². The molecule has 0 saturated carbocycles. The maximum Gasteiger partial charge on any atom is 0.355 e. The molecule has 3 rings (SSSR count). The van der Waals surface area contributed by atoms with E-state index in [9.17, 15) is 18.4 Å². The number of carbonyl (C=O) groups excluding carboxylic acids is 1. The normalized spacial score (nSPS) is 16.7. The number of nitrogens with zero attached hydrogens (tertiary/aromatic N) is 2. The van der Waals surface area contributed by atoms with Gasteiger partial charge >= 0.3 is 5.97 Å². The van der Waals surface area contributed by atoms with Crippen molar-refractivity contribution in [2.24, 2.45) is 0 Å². The fourth-order valence-electron chi connectivity index (χ4n) is 2.83. The summed E-state index contributed by atoms with van der Waals surface area (Å²) in [7, 11) is 0. The van der Waals surface area contributed by atoms with E-state index in [1.54, 1.807) is 4.90 Å². The van der Waals surface area contributed by atoms with Gasteiger partial charge in [0.15, 0.2) is 10.0 Å². The van der Waals surface area contributed by atoms with Crippen molar-refractivity contribution in [1.82, 2.24) is 9.88 Å². The predicted molar refractivity (Wildman–Crippen MR) is 99.4 cm³/mol. The monoisotopic (exact) mass is 413 g/mol. The standard InChI is InChI=1S/C17H17F2N3O3S2/c18-10-1-3-13(12(19)7-10)20-8-11-2-4-15(23)22(11)5-6-26-17-21-14(9-27-17)16(24)25/h1,3,7,9,11,20H,2,4-6,8H2,(H,24,25). The average molecular weight is 413 g/mol. The third-order valence-corrected chi connectivity index (χ3v) is 6.17. The van der Waals surface area contributed by atoms with E-state index in [0.717, 1.165) is 6.07 Å². The van der Waals surface area contributed by atoms with Crippen LogP contribution in [0.5, 0.6) is 0 Å². The molecule has 1 aromatic carbocycles. The molecule has 10 heteroatoms. The molecule has 1 fully saturated rings. The number of anilines is 1. The molecule has 27 heavy (non-hydrogen) atoms. The smallest absolute Gasteiger partial charge is 0.355 e. The molecule has 1 aliphatic rings. The van der Waals surface area contributed by atoms with Crippen LogP contribution in [-0.2, 0) is 4.79 Å². The number of hydrogen-bond acceptors (Lipinski definition) is 6. The van der Waals surface area contributed by atoms with E-state index in [4.69, 9.17) is 5.11 Å². The van der Waals surface area contributed by atoms with Crippen LogP contribution in [0.4, 0.5) is 14.5 Å². The van der Waals surface area contributed by atoms with E-state index in [2.05, 4.69) is 10.3 Å². The van der Waals surface area contributed by atoms with E-state index >= 15 is 0 Å². The molecule has 0 spiro atoms. The van der Waals surface area contributed by atoms with Gasteiger partial charge in [0.2, 0.25) is 5.91 Å². The first-order valence-electron chi connectivity index (χ1n) is 8.24. The molecule has 144 valence electrons. The number of likely N-dealkylation sites (tertiary alicyclic amines) is 1. The van der Waals surface area contributed by atoms with Gasteiger partial charge < -0.3 is 15.3 Å². The Hall–Kier alpha value is -2.20. The van der Waals surface area contributed by atoms with Crippen molar-refractivity contribution in [2.75, 3.05) is 24.2 Å². The molecular formula is C17H17F2N3O3S2. The van der Waals surface area contributed by atoms with Crippen molar-refractivity contribution in [2.45, 2.75) is 23.2 Å². The van der Waals surface area contributed by atoms with E-state index in [1.165, 1.54) is 40.6 Å². The van der Waals surface area contributed by atoms with Crippen molar-refractivity contribution >= 4 is 40.7 Å². The third kappa shape index (κ3) is 4.95. The molecule has 2 N–H and O–H groups in total. The fraction of sp³-hybridized carbons (Fsp3) is 0.353. The second kappa shape index (κ2) is 8.66. The zero-order valence-electron chi connectivity index (χ0n) is 14.2. The summed E-state index contributed by atoms with van der Waals surface area (Å²) in [6.45, 7) is 0.864. The maximum atomic E-state index is 13.7. The van der Waals surface area contributed by atoms with E-state index < -0.39 is 17.6 Å². The lowest BCUT2D eigenvalue weighted by molar-refractivity contribution is -0.128. The lowest BCUT2D eigenvalue weighted by Crippen LogP contribution is -2.39. The first-order chi connectivity index (χ1) is 12.9. The Bertz CT molecular complexity index is 847. The number of nitrogens with one attached hydrogen (secondary N) is 1. The number of benzene rings is 1. The van der Waals surface area contributed by atoms with Crippen LogP contribution in [0, 0.1) is 11.6 Å². The van der Waals surface area contributed by atoms with E-state index in [-0.39, 0.29) is 23.3 Å². The summed E-state index contributed by atoms with van der Waals surface area (Å²) < 4.78 is 27.3. The first kappa shape index (κ1) is 19.6. The number of aromatic nitrogens is 1. The Morgan fingerprint density at radius 1 is 1.44 bits per heavy atom. The molecule has 1 atom stereocenters. The number of thioether (sulfide) groups is 1. The topological polar surface area (TPSA) is 82.5 Å². The highest BCUT2D eigenvalue weighted by Gasteiger charge is 2.30. The van der Waals surface area contributed by atoms with Crippen LogP contribution in [-0.4, -0.2) is 51.8 Å². The van der Waals surface area contributed by atoms with Crippen LogP contribution in [0.2, 0.25) is 0 Å². The van der Waals surface area contributed by atoms with Crippen LogP contribution < -0.4 is 5.32 Å². The molecular weight excluding hydrogens is 396 g/mol. The summed E-state index contributed by atoms with van der Waals surface area (Å²) in [5.41, 5.74) is 0.220. The third-order valence-electron chi connectivity index (χ3n) is 4.17. The van der Waals surface area contributed by atoms with Gasteiger partial charge in [-0.2, -0.15) is 0 Å². The summed E-state index contributed by atoms with van der Waals surface area (Å²) >= 11 is 2.65. The number of amides is 1. The van der Waals surface area contributed by atoms with Crippen molar-refractivity contribution < 1.29 is 23.5 Å². The highest BCUT2D eigenvalue weighted by atomic mass is 32.2. The molecule has 1 saturated heterocycles. The number of aromatic carboxylic acids is 1. The number of carboxylic acids is 1. The van der Waals surface area contributed by atoms with Crippen LogP contribution in [0.3, 0.4) is 0 Å². The maximum absolute atomic E-state index is 13.7. The number of hydrogen-bond donors (Lipinski definition) is 2. The quantitative estimate of drug-likeness (QED) is 0.646. The molecule has 1 amide bonds. The Morgan fingerprint density at radius 2 is 2.26 bits per heavy atom. The minimum absolute atomic E-state index is 0.0168. The Morgan fingerprint density at radius 3 is 2.96 bits per heavy atom. The Kier molecular flexibility index (Phi) is 6.27. The van der Waals surface area contributed by atoms with Gasteiger partial charge in [0.1, 0.15) is 11.6 Å². The van der Waals surface area contributed by atoms with E-state index in [1.807, 2.05) is 0 Å². The molecule has 1 unspecified atom stereocenters. The van der Waals surface area contributed by atoms with Crippen LogP contribution in [0.25, 0.3) is 0 Å². The molecule has 6 nitrogen and oxygen atoms in total. The lowest BCUT2D eigenvalue weighted by atomic mass is 10.2. The van der Waals surface area contributed by atoms with Gasteiger partial charge in [0.05, 0.1) is 5.69 Å². The number of rotatable bonds is 8. The summed E-state index contributed by atoms with van der Waals surface area (Å²) in [5.74, 6) is -1.75. The van der Waals surface area contributed by atoms with Crippen molar-refractivity contribution in [1.29, 1.82) is 0 Å². The SMILES string of the molecule is O=C(O)c1csc(SCCN2C(=O)CCC2CNc2ccc(F)cc2F)n1. The predicted octanol–water partition coefficient (Wildman–Crippen LogP) is 3.31. The highest BCUT2D eigenvalue weighted by Crippen LogP contribution is 2.25. The van der Waals surface area contributed by atoms with Crippen LogP contribution >= 0.6 is 23.1 Å². The minimum atomic E-state index is -1.06. The van der Waals surface area contributed by atoms with Gasteiger partial charge in [-0.3, -0.25) is 4.79 Å². The molecule has 0 aliphatic carbocycles. The molecule has 2 heterocycles. The summed E-state index contributed by atoms with van der Waals surface area (Å²) in [5, 5.41) is 13.3. The van der Waals surface area contributed by atoms with Crippen LogP contribution in [0.1, 0.15) is 23.3 Å². The fourth-order valence-corrected chi connectivity index (χ4v) is 4.64. The highest BCUT2D eigenvalue weighted by molar-refractivity contribution is 8.01. The second-order valence-corrected chi connectivity index (χ2v) is 8.14. The zero-order chi connectivity index (χ0) is 19.4. The van der Waals surface area contributed by atoms with Crippen molar-refractivity contribution in [3.05, 3.63) is 40.9 Å². The molecule has 0 radical (unpaired) electrons. The van der Waals surface area contributed by atoms with Gasteiger partial charge in [-0.05, 0) is 18.6 Å². The van der Waals surface area contributed by atoms with Gasteiger partial charge in [0.25, 0.3) is 0 Å². The summed E-state index contributed by atoms with van der Waals surface area (Å²) in [4.78, 5) is 28.7. The lowest BCUT2D eigenvalue weighted by Gasteiger charge is -2.25. The molecule has 1 aromatic heterocycles. The first-order valence-corrected chi connectivity index (χ1v) is 10.1. The van der Waals surface area contributed by atoms with E-state index in [0.29, 0.717) is 36.0 Å². The van der Waals surface area contributed by atoms with Gasteiger partial charge in [-0.15, -0.1) is 11.3 Å². The minimum Gasteiger partial charge on any atom is -0.476 e. The Labute approximate surface area is 162 Å². The zero-order valence-corrected chi connectivity index (χ0v) is 15.8. The van der Waals surface area contributed by atoms with Gasteiger partial charge in [-0.1, -0.05) is 11.8 Å². The number of thiazole rings is 1. The molecule has 1 aliphatic heterocycles. The van der Waals surface area contributed by atoms with Crippen LogP contribution in [0.15, 0.2) is 27.9 Å². The molecule has 0 bridgehead atoms.